The highest BCUT2D eigenvalue weighted by Crippen LogP contribution is 2.34. The standard InChI is InChI=1S/C23H34N4O3S2/c1-5-17-15(3)32-21(20(17)22(29)30-4)24-19(28)14-31-23-26-25-18(27(23)6-2)13-12-16-10-8-7-9-11-16/h16H,5-14H2,1-4H3,(H,24,28). The summed E-state index contributed by atoms with van der Waals surface area (Å²) in [6, 6.07) is 0. The Hall–Kier alpha value is -1.87. The van der Waals surface area contributed by atoms with Gasteiger partial charge in [0, 0.05) is 17.8 Å². The fraction of sp³-hybridized carbons (Fsp3) is 0.652. The number of aromatic nitrogens is 3. The SMILES string of the molecule is CCc1c(C)sc(NC(=O)CSc2nnc(CCC3CCCCC3)n2CC)c1C(=O)OC. The number of aryl methyl sites for hydroxylation is 2. The Balaban J connectivity index is 1.60. The molecule has 0 bridgehead atoms. The van der Waals surface area contributed by atoms with Crippen molar-refractivity contribution in [2.24, 2.45) is 5.92 Å². The zero-order valence-corrected chi connectivity index (χ0v) is 21.2. The summed E-state index contributed by atoms with van der Waals surface area (Å²) in [6.45, 7) is 6.82. The lowest BCUT2D eigenvalue weighted by atomic mass is 9.86. The third-order valence-electron chi connectivity index (χ3n) is 6.15. The van der Waals surface area contributed by atoms with Crippen LogP contribution in [0, 0.1) is 12.8 Å². The summed E-state index contributed by atoms with van der Waals surface area (Å²) >= 11 is 2.80. The Morgan fingerprint density at radius 3 is 2.62 bits per heavy atom. The van der Waals surface area contributed by atoms with Gasteiger partial charge in [-0.05, 0) is 38.2 Å². The summed E-state index contributed by atoms with van der Waals surface area (Å²) < 4.78 is 7.05. The first kappa shape index (κ1) is 24.8. The molecule has 176 valence electrons. The van der Waals surface area contributed by atoms with Crippen molar-refractivity contribution in [1.82, 2.24) is 14.8 Å². The molecule has 2 aromatic heterocycles. The number of methoxy groups -OCH3 is 1. The van der Waals surface area contributed by atoms with Gasteiger partial charge < -0.3 is 14.6 Å². The van der Waals surface area contributed by atoms with Gasteiger partial charge in [0.2, 0.25) is 5.91 Å². The van der Waals surface area contributed by atoms with Crippen molar-refractivity contribution in [3.05, 3.63) is 21.8 Å². The molecule has 2 heterocycles. The van der Waals surface area contributed by atoms with E-state index in [1.54, 1.807) is 0 Å². The molecule has 2 aromatic rings. The van der Waals surface area contributed by atoms with E-state index in [9.17, 15) is 9.59 Å². The molecule has 1 fully saturated rings. The quantitative estimate of drug-likeness (QED) is 0.370. The molecule has 1 aliphatic rings. The first-order valence-electron chi connectivity index (χ1n) is 11.5. The predicted octanol–water partition coefficient (Wildman–Crippen LogP) is 5.26. The number of nitrogens with one attached hydrogen (secondary N) is 1. The fourth-order valence-corrected chi connectivity index (χ4v) is 6.41. The monoisotopic (exact) mass is 478 g/mol. The highest BCUT2D eigenvalue weighted by molar-refractivity contribution is 7.99. The van der Waals surface area contributed by atoms with E-state index in [1.165, 1.54) is 62.3 Å². The number of anilines is 1. The number of carbonyl (C=O) groups is 2. The molecule has 0 spiro atoms. The number of hydrogen-bond donors (Lipinski definition) is 1. The van der Waals surface area contributed by atoms with Gasteiger partial charge in [-0.3, -0.25) is 4.79 Å². The number of amides is 1. The molecule has 9 heteroatoms. The van der Waals surface area contributed by atoms with Gasteiger partial charge in [-0.2, -0.15) is 0 Å². The molecular weight excluding hydrogens is 444 g/mol. The first-order chi connectivity index (χ1) is 15.5. The summed E-state index contributed by atoms with van der Waals surface area (Å²) in [4.78, 5) is 25.9. The Morgan fingerprint density at radius 1 is 1.22 bits per heavy atom. The third kappa shape index (κ3) is 5.92. The molecule has 0 aromatic carbocycles. The van der Waals surface area contributed by atoms with Gasteiger partial charge in [-0.15, -0.1) is 21.5 Å². The zero-order valence-electron chi connectivity index (χ0n) is 19.5. The van der Waals surface area contributed by atoms with Crippen LogP contribution < -0.4 is 5.32 Å². The molecule has 1 saturated carbocycles. The second-order valence-corrected chi connectivity index (χ2v) is 10.4. The first-order valence-corrected chi connectivity index (χ1v) is 13.3. The number of esters is 1. The Kier molecular flexibility index (Phi) is 9.16. The van der Waals surface area contributed by atoms with Gasteiger partial charge in [0.1, 0.15) is 10.8 Å². The molecular formula is C23H34N4O3S2. The van der Waals surface area contributed by atoms with Crippen molar-refractivity contribution < 1.29 is 14.3 Å². The summed E-state index contributed by atoms with van der Waals surface area (Å²) in [5, 5.41) is 13.0. The Labute approximate surface area is 198 Å². The van der Waals surface area contributed by atoms with Crippen LogP contribution in [0.1, 0.15) is 79.0 Å². The van der Waals surface area contributed by atoms with Crippen molar-refractivity contribution in [3.63, 3.8) is 0 Å². The molecule has 1 amide bonds. The van der Waals surface area contributed by atoms with E-state index in [2.05, 4.69) is 27.0 Å². The van der Waals surface area contributed by atoms with Gasteiger partial charge in [0.15, 0.2) is 5.16 Å². The van der Waals surface area contributed by atoms with Crippen LogP contribution in [-0.2, 0) is 28.9 Å². The van der Waals surface area contributed by atoms with Crippen LogP contribution in [-0.4, -0.2) is 39.5 Å². The lowest BCUT2D eigenvalue weighted by Gasteiger charge is -2.21. The number of hydrogen-bond acceptors (Lipinski definition) is 7. The predicted molar refractivity (Wildman–Crippen MR) is 130 cm³/mol. The molecule has 0 atom stereocenters. The van der Waals surface area contributed by atoms with Crippen molar-refractivity contribution in [1.29, 1.82) is 0 Å². The van der Waals surface area contributed by atoms with Crippen molar-refractivity contribution in [2.75, 3.05) is 18.2 Å². The zero-order chi connectivity index (χ0) is 23.1. The summed E-state index contributed by atoms with van der Waals surface area (Å²) in [5.41, 5.74) is 1.40. The van der Waals surface area contributed by atoms with E-state index in [4.69, 9.17) is 4.74 Å². The number of ether oxygens (including phenoxy) is 1. The van der Waals surface area contributed by atoms with E-state index in [0.29, 0.717) is 17.0 Å². The van der Waals surface area contributed by atoms with Crippen LogP contribution in [0.3, 0.4) is 0 Å². The van der Waals surface area contributed by atoms with Crippen LogP contribution in [0.5, 0.6) is 0 Å². The minimum atomic E-state index is -0.414. The number of thiophene rings is 1. The largest absolute Gasteiger partial charge is 0.465 e. The van der Waals surface area contributed by atoms with Gasteiger partial charge in [0.25, 0.3) is 0 Å². The fourth-order valence-electron chi connectivity index (χ4n) is 4.44. The minimum absolute atomic E-state index is 0.168. The van der Waals surface area contributed by atoms with E-state index in [0.717, 1.165) is 46.7 Å². The molecule has 7 nitrogen and oxygen atoms in total. The summed E-state index contributed by atoms with van der Waals surface area (Å²) in [6.07, 6.45) is 9.54. The molecule has 3 rings (SSSR count). The maximum atomic E-state index is 12.7. The smallest absolute Gasteiger partial charge is 0.341 e. The van der Waals surface area contributed by atoms with Gasteiger partial charge in [-0.25, -0.2) is 4.79 Å². The molecule has 0 unspecified atom stereocenters. The second kappa shape index (κ2) is 11.8. The summed E-state index contributed by atoms with van der Waals surface area (Å²) in [5.74, 6) is 1.44. The van der Waals surface area contributed by atoms with Crippen LogP contribution in [0.25, 0.3) is 0 Å². The maximum absolute atomic E-state index is 12.7. The normalized spacial score (nSPS) is 14.5. The minimum Gasteiger partial charge on any atom is -0.465 e. The van der Waals surface area contributed by atoms with Gasteiger partial charge in [0.05, 0.1) is 18.4 Å². The second-order valence-electron chi connectivity index (χ2n) is 8.21. The molecule has 0 radical (unpaired) electrons. The van der Waals surface area contributed by atoms with Gasteiger partial charge in [-0.1, -0.05) is 50.8 Å². The average molecular weight is 479 g/mol. The van der Waals surface area contributed by atoms with Crippen molar-refractivity contribution >= 4 is 40.0 Å². The maximum Gasteiger partial charge on any atom is 0.341 e. The van der Waals surface area contributed by atoms with Crippen LogP contribution in [0.2, 0.25) is 0 Å². The Morgan fingerprint density at radius 2 is 1.97 bits per heavy atom. The molecule has 1 aliphatic carbocycles. The number of carbonyl (C=O) groups excluding carboxylic acids is 2. The number of nitrogens with zero attached hydrogens (tertiary/aromatic N) is 3. The lowest BCUT2D eigenvalue weighted by molar-refractivity contribution is -0.113. The highest BCUT2D eigenvalue weighted by Gasteiger charge is 2.23. The Bertz CT molecular complexity index is 932. The highest BCUT2D eigenvalue weighted by atomic mass is 32.2. The van der Waals surface area contributed by atoms with Crippen molar-refractivity contribution in [3.8, 4) is 0 Å². The van der Waals surface area contributed by atoms with E-state index < -0.39 is 5.97 Å². The van der Waals surface area contributed by atoms with E-state index in [-0.39, 0.29) is 11.7 Å². The number of thioether (sulfide) groups is 1. The van der Waals surface area contributed by atoms with E-state index in [1.807, 2.05) is 13.8 Å². The third-order valence-corrected chi connectivity index (χ3v) is 8.18. The topological polar surface area (TPSA) is 86.1 Å². The van der Waals surface area contributed by atoms with E-state index >= 15 is 0 Å². The average Bonchev–Trinajstić information content (AvgIpc) is 3.35. The summed E-state index contributed by atoms with van der Waals surface area (Å²) in [7, 11) is 1.36. The molecule has 0 saturated heterocycles. The lowest BCUT2D eigenvalue weighted by Crippen LogP contribution is -2.17. The van der Waals surface area contributed by atoms with Gasteiger partial charge >= 0.3 is 5.97 Å². The van der Waals surface area contributed by atoms with Crippen molar-refractivity contribution in [2.45, 2.75) is 83.8 Å². The molecule has 1 N–H and O–H groups in total. The van der Waals surface area contributed by atoms with Crippen LogP contribution >= 0.6 is 23.1 Å². The number of rotatable bonds is 10. The molecule has 32 heavy (non-hydrogen) atoms. The van der Waals surface area contributed by atoms with Crippen LogP contribution in [0.4, 0.5) is 5.00 Å². The molecule has 0 aliphatic heterocycles. The van der Waals surface area contributed by atoms with Crippen LogP contribution in [0.15, 0.2) is 5.16 Å².